The van der Waals surface area contributed by atoms with Crippen LogP contribution in [-0.4, -0.2) is 27.4 Å². The van der Waals surface area contributed by atoms with Crippen molar-refractivity contribution in [1.29, 1.82) is 0 Å². The van der Waals surface area contributed by atoms with Crippen molar-refractivity contribution < 1.29 is 13.9 Å². The van der Waals surface area contributed by atoms with Crippen LogP contribution < -0.4 is 15.8 Å². The van der Waals surface area contributed by atoms with Crippen molar-refractivity contribution >= 4 is 16.9 Å². The van der Waals surface area contributed by atoms with Crippen molar-refractivity contribution in [2.24, 2.45) is 0 Å². The van der Waals surface area contributed by atoms with Crippen LogP contribution in [0.5, 0.6) is 5.75 Å². The van der Waals surface area contributed by atoms with Crippen molar-refractivity contribution in [2.45, 2.75) is 0 Å². The standard InChI is InChI=1S/C19H14N4O4/c24-18(22-23-11-20-21-12-23)10-26-14-6-7-15-16(13-4-2-1-3-5-13)9-19(25)27-17(15)8-14/h1-9,11-12H,10H2,(H,22,24). The third-order valence-electron chi connectivity index (χ3n) is 3.84. The minimum atomic E-state index is -0.455. The van der Waals surface area contributed by atoms with Crippen molar-refractivity contribution in [2.75, 3.05) is 12.0 Å². The molecule has 2 heterocycles. The highest BCUT2D eigenvalue weighted by Crippen LogP contribution is 2.29. The Hall–Kier alpha value is -3.94. The van der Waals surface area contributed by atoms with Gasteiger partial charge in [-0.05, 0) is 23.3 Å². The summed E-state index contributed by atoms with van der Waals surface area (Å²) in [6.45, 7) is -0.216. The number of carbonyl (C=O) groups excluding carboxylic acids is 1. The van der Waals surface area contributed by atoms with E-state index in [4.69, 9.17) is 9.15 Å². The molecule has 0 unspecified atom stereocenters. The predicted molar refractivity (Wildman–Crippen MR) is 97.8 cm³/mol. The summed E-state index contributed by atoms with van der Waals surface area (Å²) in [5.74, 6) is 0.0316. The largest absolute Gasteiger partial charge is 0.484 e. The van der Waals surface area contributed by atoms with E-state index in [1.165, 1.54) is 23.4 Å². The third kappa shape index (κ3) is 3.69. The molecule has 134 valence electrons. The van der Waals surface area contributed by atoms with E-state index in [1.807, 2.05) is 30.3 Å². The highest BCUT2D eigenvalue weighted by atomic mass is 16.5. The van der Waals surface area contributed by atoms with Gasteiger partial charge < -0.3 is 9.15 Å². The fraction of sp³-hybridized carbons (Fsp3) is 0.0526. The molecule has 0 saturated heterocycles. The van der Waals surface area contributed by atoms with E-state index in [0.29, 0.717) is 11.3 Å². The number of hydrogen-bond acceptors (Lipinski definition) is 6. The average molecular weight is 362 g/mol. The molecule has 0 saturated carbocycles. The highest BCUT2D eigenvalue weighted by molar-refractivity contribution is 5.93. The Morgan fingerprint density at radius 1 is 1.07 bits per heavy atom. The minimum Gasteiger partial charge on any atom is -0.484 e. The summed E-state index contributed by atoms with van der Waals surface area (Å²) in [5, 5.41) is 7.95. The molecular weight excluding hydrogens is 348 g/mol. The second-order valence-electron chi connectivity index (χ2n) is 5.70. The molecule has 0 radical (unpaired) electrons. The van der Waals surface area contributed by atoms with E-state index < -0.39 is 5.63 Å². The van der Waals surface area contributed by atoms with Gasteiger partial charge in [0.2, 0.25) is 0 Å². The molecule has 2 aromatic heterocycles. The summed E-state index contributed by atoms with van der Waals surface area (Å²) >= 11 is 0. The smallest absolute Gasteiger partial charge is 0.336 e. The Morgan fingerprint density at radius 3 is 2.63 bits per heavy atom. The van der Waals surface area contributed by atoms with E-state index in [9.17, 15) is 9.59 Å². The van der Waals surface area contributed by atoms with Gasteiger partial charge in [-0.3, -0.25) is 10.2 Å². The number of ether oxygens (including phenoxy) is 1. The second-order valence-corrected chi connectivity index (χ2v) is 5.70. The summed E-state index contributed by atoms with van der Waals surface area (Å²) in [7, 11) is 0. The molecule has 1 N–H and O–H groups in total. The number of aromatic nitrogens is 3. The van der Waals surface area contributed by atoms with Gasteiger partial charge in [-0.1, -0.05) is 30.3 Å². The van der Waals surface area contributed by atoms with Crippen molar-refractivity contribution in [1.82, 2.24) is 14.9 Å². The minimum absolute atomic E-state index is 0.216. The quantitative estimate of drug-likeness (QED) is 0.547. The van der Waals surface area contributed by atoms with E-state index >= 15 is 0 Å². The maximum absolute atomic E-state index is 11.9. The second kappa shape index (κ2) is 7.12. The molecule has 27 heavy (non-hydrogen) atoms. The van der Waals surface area contributed by atoms with Gasteiger partial charge in [0.05, 0.1) is 0 Å². The maximum Gasteiger partial charge on any atom is 0.336 e. The highest BCUT2D eigenvalue weighted by Gasteiger charge is 2.10. The number of fused-ring (bicyclic) bond motifs is 1. The molecule has 0 atom stereocenters. The molecule has 4 aromatic rings. The number of carbonyl (C=O) groups is 1. The summed E-state index contributed by atoms with van der Waals surface area (Å²) in [6, 6.07) is 16.1. The summed E-state index contributed by atoms with van der Waals surface area (Å²) in [4.78, 5) is 23.8. The van der Waals surface area contributed by atoms with Crippen LogP contribution in [0, 0.1) is 0 Å². The van der Waals surface area contributed by atoms with Crippen LogP contribution in [0.1, 0.15) is 0 Å². The number of benzene rings is 2. The topological polar surface area (TPSA) is 99.2 Å². The molecular formula is C19H14N4O4. The van der Waals surface area contributed by atoms with Gasteiger partial charge in [0.25, 0.3) is 5.91 Å². The molecule has 0 spiro atoms. The lowest BCUT2D eigenvalue weighted by Crippen LogP contribution is -2.26. The van der Waals surface area contributed by atoms with Gasteiger partial charge in [-0.15, -0.1) is 10.2 Å². The Kier molecular flexibility index (Phi) is 4.36. The molecule has 8 nitrogen and oxygen atoms in total. The third-order valence-corrected chi connectivity index (χ3v) is 3.84. The number of rotatable bonds is 5. The van der Waals surface area contributed by atoms with Crippen LogP contribution in [0.25, 0.3) is 22.1 Å². The lowest BCUT2D eigenvalue weighted by molar-refractivity contribution is -0.119. The first-order valence-electron chi connectivity index (χ1n) is 8.10. The van der Waals surface area contributed by atoms with Gasteiger partial charge in [-0.2, -0.15) is 0 Å². The van der Waals surface area contributed by atoms with Gasteiger partial charge in [0.1, 0.15) is 24.0 Å². The molecule has 2 aromatic carbocycles. The van der Waals surface area contributed by atoms with Crippen LogP contribution in [0.4, 0.5) is 0 Å². The summed E-state index contributed by atoms with van der Waals surface area (Å²) in [6.07, 6.45) is 2.71. The lowest BCUT2D eigenvalue weighted by atomic mass is 10.0. The Labute approximate surface area is 153 Å². The number of nitrogens with one attached hydrogen (secondary N) is 1. The zero-order chi connectivity index (χ0) is 18.6. The van der Waals surface area contributed by atoms with Crippen LogP contribution in [0.15, 0.2) is 76.5 Å². The van der Waals surface area contributed by atoms with E-state index in [0.717, 1.165) is 16.5 Å². The summed E-state index contributed by atoms with van der Waals surface area (Å²) in [5.41, 5.74) is 4.15. The van der Waals surface area contributed by atoms with E-state index in [-0.39, 0.29) is 12.5 Å². The van der Waals surface area contributed by atoms with Crippen molar-refractivity contribution in [3.8, 4) is 16.9 Å². The number of hydrogen-bond donors (Lipinski definition) is 1. The van der Waals surface area contributed by atoms with E-state index in [2.05, 4.69) is 15.6 Å². The average Bonchev–Trinajstić information content (AvgIpc) is 3.19. The number of amides is 1. The Balaban J connectivity index is 1.57. The predicted octanol–water partition coefficient (Wildman–Crippen LogP) is 2.20. The first-order valence-corrected chi connectivity index (χ1v) is 8.10. The number of nitrogens with zero attached hydrogens (tertiary/aromatic N) is 3. The van der Waals surface area contributed by atoms with Gasteiger partial charge in [0.15, 0.2) is 6.61 Å². The zero-order valence-electron chi connectivity index (χ0n) is 14.0. The SMILES string of the molecule is O=C(COc1ccc2c(-c3ccccc3)cc(=O)oc2c1)Nn1cnnc1. The molecule has 0 aliphatic heterocycles. The van der Waals surface area contributed by atoms with Gasteiger partial charge >= 0.3 is 5.63 Å². The molecule has 4 rings (SSSR count). The van der Waals surface area contributed by atoms with Crippen LogP contribution >= 0.6 is 0 Å². The Bertz CT molecular complexity index is 1140. The fourth-order valence-electron chi connectivity index (χ4n) is 2.67. The fourth-order valence-corrected chi connectivity index (χ4v) is 2.67. The monoisotopic (exact) mass is 362 g/mol. The van der Waals surface area contributed by atoms with Gasteiger partial charge in [0, 0.05) is 17.5 Å². The maximum atomic E-state index is 11.9. The van der Waals surface area contributed by atoms with Crippen molar-refractivity contribution in [3.05, 3.63) is 77.7 Å². The molecule has 0 aliphatic carbocycles. The molecule has 8 heteroatoms. The first-order chi connectivity index (χ1) is 13.2. The summed E-state index contributed by atoms with van der Waals surface area (Å²) < 4.78 is 12.1. The van der Waals surface area contributed by atoms with Crippen molar-refractivity contribution in [3.63, 3.8) is 0 Å². The Morgan fingerprint density at radius 2 is 1.85 bits per heavy atom. The molecule has 0 fully saturated rings. The van der Waals surface area contributed by atoms with Crippen LogP contribution in [-0.2, 0) is 4.79 Å². The lowest BCUT2D eigenvalue weighted by Gasteiger charge is -2.09. The molecule has 1 amide bonds. The van der Waals surface area contributed by atoms with Crippen LogP contribution in [0.3, 0.4) is 0 Å². The zero-order valence-corrected chi connectivity index (χ0v) is 14.0. The van der Waals surface area contributed by atoms with Gasteiger partial charge in [-0.25, -0.2) is 9.47 Å². The molecule has 0 aliphatic rings. The van der Waals surface area contributed by atoms with E-state index in [1.54, 1.807) is 18.2 Å². The molecule has 0 bridgehead atoms. The van der Waals surface area contributed by atoms with Crippen LogP contribution in [0.2, 0.25) is 0 Å². The normalized spacial score (nSPS) is 10.7. The first kappa shape index (κ1) is 16.5.